The number of aryl methyl sites for hydroxylation is 1. The number of nitrogens with one attached hydrogen (secondary N) is 1. The van der Waals surface area contributed by atoms with Crippen LogP contribution >= 0.6 is 11.8 Å². The van der Waals surface area contributed by atoms with Crippen molar-refractivity contribution in [1.82, 2.24) is 5.32 Å². The summed E-state index contributed by atoms with van der Waals surface area (Å²) in [6, 6.07) is 15.5. The van der Waals surface area contributed by atoms with Crippen molar-refractivity contribution in [2.24, 2.45) is 0 Å². The number of ether oxygens (including phenoxy) is 3. The first-order chi connectivity index (χ1) is 15.0. The van der Waals surface area contributed by atoms with Crippen molar-refractivity contribution < 1.29 is 23.8 Å². The fourth-order valence-electron chi connectivity index (χ4n) is 3.82. The van der Waals surface area contributed by atoms with E-state index in [2.05, 4.69) is 5.32 Å². The minimum atomic E-state index is -0.378. The molecule has 0 aromatic heterocycles. The lowest BCUT2D eigenvalue weighted by atomic mass is 9.98. The number of benzene rings is 3. The molecule has 1 atom stereocenters. The quantitative estimate of drug-likeness (QED) is 0.581. The van der Waals surface area contributed by atoms with Crippen molar-refractivity contribution in [1.29, 1.82) is 0 Å². The lowest BCUT2D eigenvalue weighted by Gasteiger charge is -2.17. The smallest absolute Gasteiger partial charge is 0.286 e. The number of imide groups is 1. The Morgan fingerprint density at radius 3 is 2.23 bits per heavy atom. The highest BCUT2D eigenvalue weighted by Crippen LogP contribution is 2.35. The Balaban J connectivity index is 1.53. The van der Waals surface area contributed by atoms with Crippen LogP contribution in [-0.4, -0.2) is 30.6 Å². The van der Waals surface area contributed by atoms with Crippen LogP contribution < -0.4 is 19.5 Å². The van der Waals surface area contributed by atoms with Crippen LogP contribution in [0.1, 0.15) is 16.7 Å². The molecule has 160 valence electrons. The average Bonchev–Trinajstić information content (AvgIpc) is 3.09. The standard InChI is InChI=1S/C24H23NO5S/c1-14-19(28-2)10-6-16-7-11-20(29-3)18(22(14)16)13-30-17-8-4-15(5-9-17)12-21-23(26)25-24(27)31-21/h4-11,21H,12-13H2,1-3H3,(H,25,26,27). The van der Waals surface area contributed by atoms with Crippen LogP contribution in [-0.2, 0) is 17.8 Å². The van der Waals surface area contributed by atoms with E-state index in [9.17, 15) is 9.59 Å². The summed E-state index contributed by atoms with van der Waals surface area (Å²) in [5.74, 6) is 2.06. The maximum atomic E-state index is 11.8. The zero-order valence-corrected chi connectivity index (χ0v) is 18.4. The highest BCUT2D eigenvalue weighted by Gasteiger charge is 2.31. The molecule has 4 rings (SSSR count). The van der Waals surface area contributed by atoms with Crippen LogP contribution in [0.25, 0.3) is 10.8 Å². The van der Waals surface area contributed by atoms with E-state index in [1.807, 2.05) is 55.5 Å². The SMILES string of the molecule is COc1ccc2ccc(OC)c(COc3ccc(CC4SC(=O)NC4=O)cc3)c2c1C. The van der Waals surface area contributed by atoms with Gasteiger partial charge in [0, 0.05) is 5.56 Å². The molecule has 1 N–H and O–H groups in total. The molecule has 1 heterocycles. The molecule has 0 spiro atoms. The summed E-state index contributed by atoms with van der Waals surface area (Å²) >= 11 is 1.03. The molecule has 31 heavy (non-hydrogen) atoms. The summed E-state index contributed by atoms with van der Waals surface area (Å²) in [5, 5.41) is 3.80. The molecule has 0 radical (unpaired) electrons. The third-order valence-corrected chi connectivity index (χ3v) is 6.38. The zero-order chi connectivity index (χ0) is 22.0. The van der Waals surface area contributed by atoms with Gasteiger partial charge in [-0.25, -0.2) is 0 Å². The molecule has 6 nitrogen and oxygen atoms in total. The van der Waals surface area contributed by atoms with Gasteiger partial charge >= 0.3 is 0 Å². The van der Waals surface area contributed by atoms with Crippen molar-refractivity contribution in [3.05, 3.63) is 65.2 Å². The molecule has 1 unspecified atom stereocenters. The summed E-state index contributed by atoms with van der Waals surface area (Å²) in [6.07, 6.45) is 0.499. The highest BCUT2D eigenvalue weighted by molar-refractivity contribution is 8.15. The molecule has 0 saturated carbocycles. The van der Waals surface area contributed by atoms with Gasteiger partial charge in [0.25, 0.3) is 5.24 Å². The van der Waals surface area contributed by atoms with E-state index in [1.54, 1.807) is 14.2 Å². The van der Waals surface area contributed by atoms with Gasteiger partial charge in [0.05, 0.1) is 19.5 Å². The number of rotatable bonds is 7. The van der Waals surface area contributed by atoms with E-state index >= 15 is 0 Å². The number of amides is 2. The number of methoxy groups -OCH3 is 2. The molecule has 3 aromatic rings. The van der Waals surface area contributed by atoms with Crippen molar-refractivity contribution >= 4 is 33.7 Å². The van der Waals surface area contributed by atoms with E-state index in [-0.39, 0.29) is 16.4 Å². The Kier molecular flexibility index (Phi) is 6.04. The molecular weight excluding hydrogens is 414 g/mol. The number of hydrogen-bond donors (Lipinski definition) is 1. The van der Waals surface area contributed by atoms with Gasteiger partial charge in [-0.3, -0.25) is 14.9 Å². The van der Waals surface area contributed by atoms with Crippen molar-refractivity contribution in [2.75, 3.05) is 14.2 Å². The van der Waals surface area contributed by atoms with Gasteiger partial charge in [-0.05, 0) is 59.5 Å². The first-order valence-corrected chi connectivity index (χ1v) is 10.7. The van der Waals surface area contributed by atoms with E-state index in [0.717, 1.165) is 50.7 Å². The van der Waals surface area contributed by atoms with Crippen LogP contribution in [0.3, 0.4) is 0 Å². The number of fused-ring (bicyclic) bond motifs is 1. The predicted octanol–water partition coefficient (Wildman–Crippen LogP) is 4.64. The molecule has 0 aliphatic carbocycles. The number of carbonyl (C=O) groups is 2. The minimum absolute atomic E-state index is 0.232. The Morgan fingerprint density at radius 1 is 0.935 bits per heavy atom. The molecule has 0 bridgehead atoms. The van der Waals surface area contributed by atoms with E-state index in [1.165, 1.54) is 0 Å². The molecule has 1 aliphatic rings. The molecule has 2 amide bonds. The van der Waals surface area contributed by atoms with Crippen LogP contribution in [0.4, 0.5) is 4.79 Å². The maximum absolute atomic E-state index is 11.8. The highest BCUT2D eigenvalue weighted by atomic mass is 32.2. The third kappa shape index (κ3) is 4.32. The first-order valence-electron chi connectivity index (χ1n) is 9.86. The van der Waals surface area contributed by atoms with Crippen molar-refractivity contribution in [3.8, 4) is 17.2 Å². The topological polar surface area (TPSA) is 73.9 Å². The average molecular weight is 438 g/mol. The lowest BCUT2D eigenvalue weighted by molar-refractivity contribution is -0.118. The molecular formula is C24H23NO5S. The van der Waals surface area contributed by atoms with Crippen LogP contribution in [0.5, 0.6) is 17.2 Å². The zero-order valence-electron chi connectivity index (χ0n) is 17.6. The van der Waals surface area contributed by atoms with E-state index < -0.39 is 0 Å². The third-order valence-electron chi connectivity index (χ3n) is 5.40. The van der Waals surface area contributed by atoms with Gasteiger partial charge in [0.1, 0.15) is 23.9 Å². The fraction of sp³-hybridized carbons (Fsp3) is 0.250. The van der Waals surface area contributed by atoms with E-state index in [4.69, 9.17) is 14.2 Å². The van der Waals surface area contributed by atoms with Crippen molar-refractivity contribution in [2.45, 2.75) is 25.2 Å². The summed E-state index contributed by atoms with van der Waals surface area (Å²) < 4.78 is 17.2. The summed E-state index contributed by atoms with van der Waals surface area (Å²) in [5.41, 5.74) is 2.96. The first kappa shape index (κ1) is 21.1. The van der Waals surface area contributed by atoms with Crippen LogP contribution in [0.15, 0.2) is 48.5 Å². The second-order valence-corrected chi connectivity index (χ2v) is 8.43. The van der Waals surface area contributed by atoms with Crippen LogP contribution in [0.2, 0.25) is 0 Å². The Morgan fingerprint density at radius 2 is 1.61 bits per heavy atom. The van der Waals surface area contributed by atoms with Gasteiger partial charge in [-0.15, -0.1) is 0 Å². The Hall–Kier alpha value is -3.19. The second-order valence-electron chi connectivity index (χ2n) is 7.26. The summed E-state index contributed by atoms with van der Waals surface area (Å²) in [6.45, 7) is 2.37. The van der Waals surface area contributed by atoms with Gasteiger partial charge in [-0.1, -0.05) is 36.0 Å². The van der Waals surface area contributed by atoms with Gasteiger partial charge < -0.3 is 14.2 Å². The van der Waals surface area contributed by atoms with Crippen molar-refractivity contribution in [3.63, 3.8) is 0 Å². The number of thioether (sulfide) groups is 1. The molecule has 1 saturated heterocycles. The summed E-state index contributed by atoms with van der Waals surface area (Å²) in [7, 11) is 3.31. The monoisotopic (exact) mass is 437 g/mol. The molecule has 1 fully saturated rings. The Labute approximate surface area is 184 Å². The normalized spacial score (nSPS) is 15.8. The summed E-state index contributed by atoms with van der Waals surface area (Å²) in [4.78, 5) is 23.1. The Bertz CT molecular complexity index is 1140. The second kappa shape index (κ2) is 8.89. The molecule has 7 heteroatoms. The largest absolute Gasteiger partial charge is 0.496 e. The van der Waals surface area contributed by atoms with Gasteiger partial charge in [0.2, 0.25) is 5.91 Å². The fourth-order valence-corrected chi connectivity index (χ4v) is 4.68. The minimum Gasteiger partial charge on any atom is -0.496 e. The van der Waals surface area contributed by atoms with E-state index in [0.29, 0.717) is 18.8 Å². The maximum Gasteiger partial charge on any atom is 0.286 e. The number of carbonyl (C=O) groups excluding carboxylic acids is 2. The molecule has 3 aromatic carbocycles. The predicted molar refractivity (Wildman–Crippen MR) is 121 cm³/mol. The van der Waals surface area contributed by atoms with Gasteiger partial charge in [-0.2, -0.15) is 0 Å². The number of hydrogen-bond acceptors (Lipinski definition) is 6. The van der Waals surface area contributed by atoms with Crippen LogP contribution in [0, 0.1) is 6.92 Å². The lowest BCUT2D eigenvalue weighted by Crippen LogP contribution is -2.25. The molecule has 1 aliphatic heterocycles. The van der Waals surface area contributed by atoms with Gasteiger partial charge in [0.15, 0.2) is 0 Å².